The lowest BCUT2D eigenvalue weighted by Crippen LogP contribution is -2.63. The minimum absolute atomic E-state index is 0.0266. The van der Waals surface area contributed by atoms with Crippen molar-refractivity contribution in [3.63, 3.8) is 0 Å². The summed E-state index contributed by atoms with van der Waals surface area (Å²) in [4.78, 5) is 68.8. The van der Waals surface area contributed by atoms with E-state index in [1.54, 1.807) is 0 Å². The summed E-state index contributed by atoms with van der Waals surface area (Å²) in [6.45, 7) is 1.63. The lowest BCUT2D eigenvalue weighted by Gasteiger charge is -2.38. The third kappa shape index (κ3) is 5.90. The number of rotatable bonds is 7. The van der Waals surface area contributed by atoms with Gasteiger partial charge in [-0.1, -0.05) is 12.1 Å². The Labute approximate surface area is 232 Å². The summed E-state index contributed by atoms with van der Waals surface area (Å²) >= 11 is 0. The first-order chi connectivity index (χ1) is 19.4. The summed E-state index contributed by atoms with van der Waals surface area (Å²) in [7, 11) is -1.73. The summed E-state index contributed by atoms with van der Waals surface area (Å²) in [5.74, 6) is -7.56. The van der Waals surface area contributed by atoms with E-state index in [2.05, 4.69) is 15.6 Å². The normalized spacial score (nSPS) is 19.3. The second-order valence-electron chi connectivity index (χ2n) is 9.43. The van der Waals surface area contributed by atoms with Gasteiger partial charge in [0.15, 0.2) is 11.9 Å². The number of carboxylic acid groups (broad SMARTS) is 1. The fourth-order valence-electron chi connectivity index (χ4n) is 4.65. The van der Waals surface area contributed by atoms with Crippen molar-refractivity contribution < 1.29 is 48.3 Å². The Morgan fingerprint density at radius 3 is 2.68 bits per heavy atom. The third-order valence-corrected chi connectivity index (χ3v) is 6.57. The van der Waals surface area contributed by atoms with Crippen LogP contribution in [0.1, 0.15) is 34.6 Å². The maximum Gasteiger partial charge on any atom is 0.547 e. The van der Waals surface area contributed by atoms with E-state index in [9.17, 15) is 43.6 Å². The highest BCUT2D eigenvalue weighted by molar-refractivity contribution is 6.47. The van der Waals surface area contributed by atoms with E-state index in [1.165, 1.54) is 30.0 Å². The molecule has 15 nitrogen and oxygen atoms in total. The number of imide groups is 1. The SMILES string of the molecule is C[C@H]1CN(CCN)C(=O)C(=O)N1C(=O)N[C@@H](C(=O)N[C@H]1Cc2cccc(C(=O)O)c2OB1O)c1ncc(O)cc1F. The van der Waals surface area contributed by atoms with Crippen molar-refractivity contribution in [2.45, 2.75) is 31.4 Å². The summed E-state index contributed by atoms with van der Waals surface area (Å²) < 4.78 is 20.2. The molecule has 1 aromatic carbocycles. The zero-order valence-electron chi connectivity index (χ0n) is 21.6. The van der Waals surface area contributed by atoms with E-state index >= 15 is 0 Å². The van der Waals surface area contributed by atoms with E-state index in [-0.39, 0.29) is 37.4 Å². The van der Waals surface area contributed by atoms with Gasteiger partial charge in [0, 0.05) is 25.7 Å². The summed E-state index contributed by atoms with van der Waals surface area (Å²) in [5, 5.41) is 34.1. The zero-order chi connectivity index (χ0) is 30.0. The molecule has 2 aliphatic heterocycles. The van der Waals surface area contributed by atoms with Crippen LogP contribution in [0.2, 0.25) is 0 Å². The molecular formula is C24H26BFN6O9. The number of aromatic nitrogens is 1. The quantitative estimate of drug-likeness (QED) is 0.166. The molecule has 1 fully saturated rings. The van der Waals surface area contributed by atoms with Crippen molar-refractivity contribution in [1.82, 2.24) is 25.4 Å². The lowest BCUT2D eigenvalue weighted by molar-refractivity contribution is -0.155. The van der Waals surface area contributed by atoms with E-state index < -0.39 is 72.1 Å². The highest BCUT2D eigenvalue weighted by atomic mass is 19.1. The number of para-hydroxylation sites is 1. The summed E-state index contributed by atoms with van der Waals surface area (Å²) in [5.41, 5.74) is 4.98. The van der Waals surface area contributed by atoms with Crippen LogP contribution in [0.15, 0.2) is 30.5 Å². The van der Waals surface area contributed by atoms with Crippen molar-refractivity contribution in [2.75, 3.05) is 19.6 Å². The topological polar surface area (TPSA) is 225 Å². The minimum atomic E-state index is -1.90. The number of nitrogens with two attached hydrogens (primary N) is 1. The number of piperazine rings is 1. The van der Waals surface area contributed by atoms with Gasteiger partial charge in [-0.2, -0.15) is 0 Å². The number of halogens is 1. The smallest absolute Gasteiger partial charge is 0.534 e. The van der Waals surface area contributed by atoms with Gasteiger partial charge in [-0.05, 0) is 25.0 Å². The Morgan fingerprint density at radius 1 is 1.29 bits per heavy atom. The minimum Gasteiger partial charge on any atom is -0.534 e. The predicted molar refractivity (Wildman–Crippen MR) is 137 cm³/mol. The van der Waals surface area contributed by atoms with Crippen molar-refractivity contribution in [2.24, 2.45) is 5.73 Å². The van der Waals surface area contributed by atoms with Gasteiger partial charge in [0.1, 0.15) is 17.2 Å². The molecule has 4 rings (SSSR count). The van der Waals surface area contributed by atoms with Crippen LogP contribution in [-0.4, -0.2) is 98.5 Å². The Balaban J connectivity index is 1.59. The van der Waals surface area contributed by atoms with Crippen LogP contribution >= 0.6 is 0 Å². The van der Waals surface area contributed by atoms with Crippen molar-refractivity contribution in [1.29, 1.82) is 0 Å². The predicted octanol–water partition coefficient (Wildman–Crippen LogP) is -1.47. The van der Waals surface area contributed by atoms with Crippen LogP contribution in [0.25, 0.3) is 0 Å². The number of carbonyl (C=O) groups is 5. The number of urea groups is 1. The number of carbonyl (C=O) groups excluding carboxylic acids is 4. The van der Waals surface area contributed by atoms with Crippen LogP contribution in [0, 0.1) is 5.82 Å². The number of benzene rings is 1. The van der Waals surface area contributed by atoms with Crippen molar-refractivity contribution >= 4 is 36.8 Å². The Kier molecular flexibility index (Phi) is 8.39. The summed E-state index contributed by atoms with van der Waals surface area (Å²) in [6, 6.07) is 0.978. The molecule has 7 N–H and O–H groups in total. The van der Waals surface area contributed by atoms with Gasteiger partial charge in [-0.25, -0.2) is 14.0 Å². The van der Waals surface area contributed by atoms with Gasteiger partial charge in [0.05, 0.1) is 23.7 Å². The van der Waals surface area contributed by atoms with Crippen LogP contribution in [0.4, 0.5) is 9.18 Å². The Bertz CT molecular complexity index is 1410. The molecule has 2 aliphatic rings. The molecular weight excluding hydrogens is 546 g/mol. The number of nitrogens with one attached hydrogen (secondary N) is 2. The molecule has 0 aliphatic carbocycles. The molecule has 2 aromatic rings. The molecule has 3 heterocycles. The molecule has 1 saturated heterocycles. The van der Waals surface area contributed by atoms with E-state index in [0.29, 0.717) is 16.5 Å². The van der Waals surface area contributed by atoms with Gasteiger partial charge < -0.3 is 41.2 Å². The fraction of sp³-hybridized carbons (Fsp3) is 0.333. The van der Waals surface area contributed by atoms with Crippen molar-refractivity contribution in [3.05, 3.63) is 53.1 Å². The highest BCUT2D eigenvalue weighted by Gasteiger charge is 2.43. The summed E-state index contributed by atoms with van der Waals surface area (Å²) in [6.07, 6.45) is 0.735. The van der Waals surface area contributed by atoms with Crippen molar-refractivity contribution in [3.8, 4) is 11.5 Å². The number of amides is 5. The van der Waals surface area contributed by atoms with E-state index in [4.69, 9.17) is 10.4 Å². The zero-order valence-corrected chi connectivity index (χ0v) is 21.6. The maximum atomic E-state index is 14.8. The number of pyridine rings is 1. The van der Waals surface area contributed by atoms with Gasteiger partial charge in [0.25, 0.3) is 0 Å². The number of hydrogen-bond acceptors (Lipinski definition) is 10. The molecule has 3 atom stereocenters. The molecule has 216 valence electrons. The second kappa shape index (κ2) is 11.8. The molecule has 0 spiro atoms. The first-order valence-corrected chi connectivity index (χ1v) is 12.4. The number of nitrogens with zero attached hydrogens (tertiary/aromatic N) is 3. The molecule has 0 bridgehead atoms. The molecule has 0 unspecified atom stereocenters. The van der Waals surface area contributed by atoms with E-state index in [0.717, 1.165) is 6.20 Å². The number of fused-ring (bicyclic) bond motifs is 1. The average Bonchev–Trinajstić information content (AvgIpc) is 2.90. The molecule has 1 aromatic heterocycles. The number of hydrogen-bond donors (Lipinski definition) is 6. The monoisotopic (exact) mass is 572 g/mol. The Hall–Kier alpha value is -4.77. The number of aromatic carboxylic acids is 1. The number of carboxylic acids is 1. The second-order valence-corrected chi connectivity index (χ2v) is 9.43. The van der Waals surface area contributed by atoms with Crippen LogP contribution in [0.5, 0.6) is 11.5 Å². The average molecular weight is 572 g/mol. The molecule has 0 radical (unpaired) electrons. The van der Waals surface area contributed by atoms with Crippen LogP contribution < -0.4 is 21.0 Å². The van der Waals surface area contributed by atoms with E-state index in [1.807, 2.05) is 0 Å². The molecule has 17 heteroatoms. The number of aromatic hydroxyl groups is 1. The van der Waals surface area contributed by atoms with Crippen LogP contribution in [-0.2, 0) is 20.8 Å². The lowest BCUT2D eigenvalue weighted by atomic mass is 9.72. The van der Waals surface area contributed by atoms with Gasteiger partial charge in [0.2, 0.25) is 5.91 Å². The highest BCUT2D eigenvalue weighted by Crippen LogP contribution is 2.30. The molecule has 0 saturated carbocycles. The fourth-order valence-corrected chi connectivity index (χ4v) is 4.65. The largest absolute Gasteiger partial charge is 0.547 e. The van der Waals surface area contributed by atoms with Gasteiger partial charge in [-0.15, -0.1) is 0 Å². The maximum absolute atomic E-state index is 14.8. The van der Waals surface area contributed by atoms with Gasteiger partial charge >= 0.3 is 30.9 Å². The Morgan fingerprint density at radius 2 is 2.02 bits per heavy atom. The van der Waals surface area contributed by atoms with Gasteiger partial charge in [-0.3, -0.25) is 24.3 Å². The standard InChI is InChI=1S/C24H26BFN6O9/c1-11-10-31(6-5-27)21(35)22(36)32(11)24(39)30-18(17-15(26)8-13(33)9-28-17)20(34)29-16-7-12-3-2-4-14(23(37)38)19(12)41-25(16)40/h2-4,8-9,11,16,18,33,40H,5-7,10,27H2,1H3,(H,29,34)(H,30,39)(H,37,38)/t11-,16-,18+/m0/s1. The first kappa shape index (κ1) is 29.2. The van der Waals surface area contributed by atoms with Crippen LogP contribution in [0.3, 0.4) is 0 Å². The third-order valence-electron chi connectivity index (χ3n) is 6.57. The molecule has 41 heavy (non-hydrogen) atoms. The first-order valence-electron chi connectivity index (χ1n) is 12.4. The molecule has 5 amide bonds.